The number of para-hydroxylation sites is 1. The maximum Gasteiger partial charge on any atom is 0.273 e. The highest BCUT2D eigenvalue weighted by atomic mass is 16.6. The summed E-state index contributed by atoms with van der Waals surface area (Å²) in [5, 5.41) is 11.2. The number of nitro groups is 1. The number of nitro benzene ring substituents is 1. The quantitative estimate of drug-likeness (QED) is 0.634. The predicted octanol–water partition coefficient (Wildman–Crippen LogP) is 2.65. The molecule has 1 saturated heterocycles. The third-order valence-electron chi connectivity index (χ3n) is 4.62. The van der Waals surface area contributed by atoms with E-state index < -0.39 is 4.92 Å². The highest BCUT2D eigenvalue weighted by molar-refractivity contribution is 5.80. The average Bonchev–Trinajstić information content (AvgIpc) is 2.62. The summed E-state index contributed by atoms with van der Waals surface area (Å²) in [4.78, 5) is 27.7. The Morgan fingerprint density at radius 1 is 1.12 bits per heavy atom. The molecule has 6 heteroatoms. The minimum Gasteiger partial charge on any atom is -0.333 e. The first-order valence-electron chi connectivity index (χ1n) is 8.31. The van der Waals surface area contributed by atoms with Gasteiger partial charge in [0.1, 0.15) is 0 Å². The maximum absolute atomic E-state index is 12.9. The Labute approximate surface area is 146 Å². The number of hydrogen-bond donors (Lipinski definition) is 0. The van der Waals surface area contributed by atoms with Crippen LogP contribution in [0, 0.1) is 10.1 Å². The van der Waals surface area contributed by atoms with E-state index in [1.54, 1.807) is 18.2 Å². The fraction of sp³-hybridized carbons (Fsp3) is 0.316. The smallest absolute Gasteiger partial charge is 0.273 e. The van der Waals surface area contributed by atoms with Crippen molar-refractivity contribution in [2.75, 3.05) is 26.7 Å². The first-order chi connectivity index (χ1) is 12.1. The van der Waals surface area contributed by atoms with Gasteiger partial charge in [0.05, 0.1) is 17.4 Å². The van der Waals surface area contributed by atoms with E-state index in [4.69, 9.17) is 0 Å². The van der Waals surface area contributed by atoms with E-state index in [0.29, 0.717) is 12.1 Å². The van der Waals surface area contributed by atoms with Crippen LogP contribution < -0.4 is 0 Å². The number of benzene rings is 2. The van der Waals surface area contributed by atoms with Crippen LogP contribution in [0.2, 0.25) is 0 Å². The number of piperazine rings is 1. The molecule has 0 aromatic heterocycles. The monoisotopic (exact) mass is 339 g/mol. The third-order valence-corrected chi connectivity index (χ3v) is 4.62. The van der Waals surface area contributed by atoms with Crippen molar-refractivity contribution < 1.29 is 9.72 Å². The fourth-order valence-electron chi connectivity index (χ4n) is 3.28. The Kier molecular flexibility index (Phi) is 5.09. The van der Waals surface area contributed by atoms with Crippen LogP contribution in [0.4, 0.5) is 5.69 Å². The Balaban J connectivity index is 1.84. The Morgan fingerprint density at radius 3 is 2.52 bits per heavy atom. The zero-order chi connectivity index (χ0) is 17.8. The number of amides is 1. The zero-order valence-electron chi connectivity index (χ0n) is 14.2. The zero-order valence-corrected chi connectivity index (χ0v) is 14.2. The highest BCUT2D eigenvalue weighted by Crippen LogP contribution is 2.27. The first kappa shape index (κ1) is 17.1. The number of hydrogen-bond acceptors (Lipinski definition) is 4. The third kappa shape index (κ3) is 3.85. The van der Waals surface area contributed by atoms with Crippen molar-refractivity contribution in [2.45, 2.75) is 12.5 Å². The van der Waals surface area contributed by atoms with Gasteiger partial charge in [0.2, 0.25) is 5.91 Å². The molecule has 6 nitrogen and oxygen atoms in total. The Bertz CT molecular complexity index is 764. The minimum absolute atomic E-state index is 0.00115. The molecule has 1 amide bonds. The summed E-state index contributed by atoms with van der Waals surface area (Å²) in [6.07, 6.45) is 0.0458. The maximum atomic E-state index is 12.9. The van der Waals surface area contributed by atoms with Crippen LogP contribution in [0.3, 0.4) is 0 Å². The molecule has 1 heterocycles. The van der Waals surface area contributed by atoms with Gasteiger partial charge in [0.25, 0.3) is 5.69 Å². The molecule has 1 aliphatic heterocycles. The number of carbonyl (C=O) groups excluding carboxylic acids is 1. The molecule has 2 aromatic carbocycles. The second-order valence-corrected chi connectivity index (χ2v) is 6.34. The van der Waals surface area contributed by atoms with E-state index >= 15 is 0 Å². The van der Waals surface area contributed by atoms with Gasteiger partial charge >= 0.3 is 0 Å². The largest absolute Gasteiger partial charge is 0.333 e. The van der Waals surface area contributed by atoms with Gasteiger partial charge in [0.15, 0.2) is 0 Å². The predicted molar refractivity (Wildman–Crippen MR) is 95.2 cm³/mol. The van der Waals surface area contributed by atoms with Crippen LogP contribution in [0.15, 0.2) is 54.6 Å². The first-order valence-corrected chi connectivity index (χ1v) is 8.31. The van der Waals surface area contributed by atoms with Gasteiger partial charge in [-0.05, 0) is 12.6 Å². The van der Waals surface area contributed by atoms with Gasteiger partial charge in [-0.3, -0.25) is 14.9 Å². The second kappa shape index (κ2) is 7.44. The van der Waals surface area contributed by atoms with Crippen LogP contribution in [0.1, 0.15) is 17.2 Å². The van der Waals surface area contributed by atoms with Crippen LogP contribution in [0.5, 0.6) is 0 Å². The SMILES string of the molecule is CN1CCN(C(=O)Cc2ccccc2[N+](=O)[O-])[C@@H](c2ccccc2)C1. The molecule has 1 aliphatic rings. The number of nitrogens with zero attached hydrogens (tertiary/aromatic N) is 3. The van der Waals surface area contributed by atoms with Crippen molar-refractivity contribution in [3.8, 4) is 0 Å². The lowest BCUT2D eigenvalue weighted by Gasteiger charge is -2.40. The van der Waals surface area contributed by atoms with Crippen molar-refractivity contribution in [2.24, 2.45) is 0 Å². The van der Waals surface area contributed by atoms with E-state index in [1.165, 1.54) is 6.07 Å². The van der Waals surface area contributed by atoms with Gasteiger partial charge in [-0.15, -0.1) is 0 Å². The minimum atomic E-state index is -0.429. The molecule has 2 aromatic rings. The molecular weight excluding hydrogens is 318 g/mol. The summed E-state index contributed by atoms with van der Waals surface area (Å²) in [6.45, 7) is 2.17. The molecule has 25 heavy (non-hydrogen) atoms. The molecule has 130 valence electrons. The normalized spacial score (nSPS) is 18.1. The lowest BCUT2D eigenvalue weighted by molar-refractivity contribution is -0.385. The average molecular weight is 339 g/mol. The summed E-state index contributed by atoms with van der Waals surface area (Å²) < 4.78 is 0. The van der Waals surface area contributed by atoms with Gasteiger partial charge in [-0.25, -0.2) is 0 Å². The van der Waals surface area contributed by atoms with E-state index in [1.807, 2.05) is 42.3 Å². The number of rotatable bonds is 4. The van der Waals surface area contributed by atoms with Gasteiger partial charge in [0, 0.05) is 31.3 Å². The molecule has 1 atom stereocenters. The highest BCUT2D eigenvalue weighted by Gasteiger charge is 2.31. The van der Waals surface area contributed by atoms with Crippen LogP contribution >= 0.6 is 0 Å². The molecule has 1 fully saturated rings. The molecule has 0 saturated carbocycles. The molecule has 0 spiro atoms. The summed E-state index contributed by atoms with van der Waals surface area (Å²) in [7, 11) is 2.04. The Hall–Kier alpha value is -2.73. The Morgan fingerprint density at radius 2 is 1.80 bits per heavy atom. The van der Waals surface area contributed by atoms with Gasteiger partial charge in [-0.1, -0.05) is 48.5 Å². The van der Waals surface area contributed by atoms with Crippen molar-refractivity contribution in [1.29, 1.82) is 0 Å². The molecular formula is C19H21N3O3. The fourth-order valence-corrected chi connectivity index (χ4v) is 3.28. The van der Waals surface area contributed by atoms with Crippen LogP contribution in [-0.2, 0) is 11.2 Å². The molecule has 0 aliphatic carbocycles. The van der Waals surface area contributed by atoms with Crippen molar-refractivity contribution >= 4 is 11.6 Å². The molecule has 0 bridgehead atoms. The molecule has 0 unspecified atom stereocenters. The lowest BCUT2D eigenvalue weighted by Crippen LogP contribution is -2.49. The number of carbonyl (C=O) groups is 1. The van der Waals surface area contributed by atoms with E-state index in [2.05, 4.69) is 4.90 Å². The van der Waals surface area contributed by atoms with Crippen molar-refractivity contribution in [3.05, 3.63) is 75.8 Å². The molecule has 0 N–H and O–H groups in total. The van der Waals surface area contributed by atoms with Crippen LogP contribution in [-0.4, -0.2) is 47.3 Å². The van der Waals surface area contributed by atoms with Crippen molar-refractivity contribution in [3.63, 3.8) is 0 Å². The standard InChI is InChI=1S/C19H21N3O3/c1-20-11-12-21(18(14-20)15-7-3-2-4-8-15)19(23)13-16-9-5-6-10-17(16)22(24)25/h2-10,18H,11-14H2,1H3/t18-/m1/s1. The molecule has 0 radical (unpaired) electrons. The van der Waals surface area contributed by atoms with E-state index in [0.717, 1.165) is 18.7 Å². The summed E-state index contributed by atoms with van der Waals surface area (Å²) in [5.41, 5.74) is 1.55. The lowest BCUT2D eigenvalue weighted by atomic mass is 10.0. The van der Waals surface area contributed by atoms with E-state index in [-0.39, 0.29) is 24.1 Å². The molecule has 3 rings (SSSR count). The van der Waals surface area contributed by atoms with Gasteiger partial charge < -0.3 is 9.80 Å². The second-order valence-electron chi connectivity index (χ2n) is 6.34. The summed E-state index contributed by atoms with van der Waals surface area (Å²) in [5.74, 6) is -0.0729. The van der Waals surface area contributed by atoms with Gasteiger partial charge in [-0.2, -0.15) is 0 Å². The van der Waals surface area contributed by atoms with Crippen LogP contribution in [0.25, 0.3) is 0 Å². The van der Waals surface area contributed by atoms with Crippen molar-refractivity contribution in [1.82, 2.24) is 9.80 Å². The number of likely N-dealkylation sites (N-methyl/N-ethyl adjacent to an activating group) is 1. The summed E-state index contributed by atoms with van der Waals surface area (Å²) in [6, 6.07) is 16.4. The van der Waals surface area contributed by atoms with E-state index in [9.17, 15) is 14.9 Å². The summed E-state index contributed by atoms with van der Waals surface area (Å²) >= 11 is 0. The topological polar surface area (TPSA) is 66.7 Å².